The average Bonchev–Trinajstić information content (AvgIpc) is 2.46. The summed E-state index contributed by atoms with van der Waals surface area (Å²) in [5.41, 5.74) is 0.838. The van der Waals surface area contributed by atoms with E-state index in [-0.39, 0.29) is 0 Å². The summed E-state index contributed by atoms with van der Waals surface area (Å²) in [6, 6.07) is 4.08. The Morgan fingerprint density at radius 1 is 1.21 bits per heavy atom. The van der Waals surface area contributed by atoms with Gasteiger partial charge in [0.2, 0.25) is 5.95 Å². The molecule has 0 aliphatic rings. The number of hydrogen-bond acceptors (Lipinski definition) is 6. The predicted molar refractivity (Wildman–Crippen MR) is 73.0 cm³/mol. The van der Waals surface area contributed by atoms with Crippen LogP contribution in [0.25, 0.3) is 11.4 Å². The molecule has 6 nitrogen and oxygen atoms in total. The largest absolute Gasteiger partial charge is 0.464 e. The van der Waals surface area contributed by atoms with Crippen molar-refractivity contribution in [1.29, 1.82) is 0 Å². The van der Waals surface area contributed by atoms with Gasteiger partial charge in [0.1, 0.15) is 0 Å². The number of anilines is 1. The third kappa shape index (κ3) is 3.61. The summed E-state index contributed by atoms with van der Waals surface area (Å²) in [6.07, 6.45) is 4.43. The standard InChI is InChI=1S/C13H17N5O/c1-3-7-15-12-16-11(10-6-5-8-14-9-10)17-13(18-12)19-4-2/h5-6,8-9H,3-4,7H2,1-2H3,(H,15,16,17,18). The van der Waals surface area contributed by atoms with Gasteiger partial charge < -0.3 is 10.1 Å². The lowest BCUT2D eigenvalue weighted by molar-refractivity contribution is 0.312. The molecule has 0 unspecified atom stereocenters. The topological polar surface area (TPSA) is 72.8 Å². The van der Waals surface area contributed by atoms with Crippen molar-refractivity contribution >= 4 is 5.95 Å². The van der Waals surface area contributed by atoms with Crippen LogP contribution in [0.1, 0.15) is 20.3 Å². The Labute approximate surface area is 112 Å². The van der Waals surface area contributed by atoms with Crippen molar-refractivity contribution in [3.05, 3.63) is 24.5 Å². The number of aromatic nitrogens is 4. The molecule has 1 N–H and O–H groups in total. The Morgan fingerprint density at radius 2 is 2.11 bits per heavy atom. The highest BCUT2D eigenvalue weighted by atomic mass is 16.5. The second-order valence-corrected chi connectivity index (χ2v) is 3.87. The lowest BCUT2D eigenvalue weighted by atomic mass is 10.3. The van der Waals surface area contributed by atoms with Gasteiger partial charge in [-0.05, 0) is 25.5 Å². The van der Waals surface area contributed by atoms with Gasteiger partial charge in [0.25, 0.3) is 0 Å². The lowest BCUT2D eigenvalue weighted by Gasteiger charge is -2.08. The molecule has 2 aromatic heterocycles. The van der Waals surface area contributed by atoms with Gasteiger partial charge in [-0.2, -0.15) is 15.0 Å². The van der Waals surface area contributed by atoms with Crippen molar-refractivity contribution in [1.82, 2.24) is 19.9 Å². The molecule has 0 aliphatic heterocycles. The second-order valence-electron chi connectivity index (χ2n) is 3.87. The van der Waals surface area contributed by atoms with E-state index >= 15 is 0 Å². The van der Waals surface area contributed by atoms with Crippen LogP contribution in [-0.4, -0.2) is 33.1 Å². The maximum absolute atomic E-state index is 5.37. The fraction of sp³-hybridized carbons (Fsp3) is 0.385. The molecule has 0 aromatic carbocycles. The lowest BCUT2D eigenvalue weighted by Crippen LogP contribution is -2.08. The van der Waals surface area contributed by atoms with Gasteiger partial charge in [0, 0.05) is 24.5 Å². The van der Waals surface area contributed by atoms with Crippen molar-refractivity contribution in [2.75, 3.05) is 18.5 Å². The second kappa shape index (κ2) is 6.63. The van der Waals surface area contributed by atoms with Crippen molar-refractivity contribution in [2.45, 2.75) is 20.3 Å². The van der Waals surface area contributed by atoms with E-state index in [0.717, 1.165) is 18.5 Å². The number of nitrogens with one attached hydrogen (secondary N) is 1. The predicted octanol–water partition coefficient (Wildman–Crippen LogP) is 2.15. The zero-order valence-corrected chi connectivity index (χ0v) is 11.1. The maximum Gasteiger partial charge on any atom is 0.321 e. The van der Waals surface area contributed by atoms with Gasteiger partial charge in [-0.25, -0.2) is 0 Å². The minimum atomic E-state index is 0.329. The summed E-state index contributed by atoms with van der Waals surface area (Å²) in [5, 5.41) is 3.14. The zero-order chi connectivity index (χ0) is 13.5. The Kier molecular flexibility index (Phi) is 4.60. The van der Waals surface area contributed by atoms with E-state index in [2.05, 4.69) is 32.2 Å². The number of nitrogens with zero attached hydrogens (tertiary/aromatic N) is 4. The van der Waals surface area contributed by atoms with E-state index in [9.17, 15) is 0 Å². The van der Waals surface area contributed by atoms with E-state index in [4.69, 9.17) is 4.74 Å². The van der Waals surface area contributed by atoms with Crippen LogP contribution in [0.4, 0.5) is 5.95 Å². The molecule has 0 aliphatic carbocycles. The molecule has 0 fully saturated rings. The molecule has 0 spiro atoms. The van der Waals surface area contributed by atoms with Crippen LogP contribution in [0.5, 0.6) is 6.01 Å². The molecule has 100 valence electrons. The third-order valence-electron chi connectivity index (χ3n) is 2.34. The molecule has 0 bridgehead atoms. The molecule has 2 rings (SSSR count). The van der Waals surface area contributed by atoms with Crippen LogP contribution in [0.2, 0.25) is 0 Å². The van der Waals surface area contributed by atoms with Crippen LogP contribution in [0.3, 0.4) is 0 Å². The Hall–Kier alpha value is -2.24. The first-order chi connectivity index (χ1) is 9.33. The van der Waals surface area contributed by atoms with Crippen molar-refractivity contribution < 1.29 is 4.74 Å². The highest BCUT2D eigenvalue weighted by molar-refractivity contribution is 5.54. The van der Waals surface area contributed by atoms with E-state index in [1.165, 1.54) is 0 Å². The molecule has 0 saturated heterocycles. The minimum Gasteiger partial charge on any atom is -0.464 e. The van der Waals surface area contributed by atoms with Gasteiger partial charge in [0.15, 0.2) is 5.82 Å². The number of rotatable bonds is 6. The fourth-order valence-corrected chi connectivity index (χ4v) is 1.49. The van der Waals surface area contributed by atoms with Crippen LogP contribution >= 0.6 is 0 Å². The zero-order valence-electron chi connectivity index (χ0n) is 11.1. The first-order valence-electron chi connectivity index (χ1n) is 6.36. The quantitative estimate of drug-likeness (QED) is 0.857. The summed E-state index contributed by atoms with van der Waals surface area (Å²) < 4.78 is 5.37. The number of pyridine rings is 1. The van der Waals surface area contributed by atoms with Crippen molar-refractivity contribution in [3.8, 4) is 17.4 Å². The van der Waals surface area contributed by atoms with Gasteiger partial charge in [-0.3, -0.25) is 4.98 Å². The molecule has 2 aromatic rings. The molecule has 19 heavy (non-hydrogen) atoms. The van der Waals surface area contributed by atoms with E-state index in [1.54, 1.807) is 12.4 Å². The molecule has 0 saturated carbocycles. The number of hydrogen-bond donors (Lipinski definition) is 1. The summed E-state index contributed by atoms with van der Waals surface area (Å²) in [5.74, 6) is 1.09. The Bertz CT molecular complexity index is 518. The van der Waals surface area contributed by atoms with E-state index in [1.807, 2.05) is 19.1 Å². The highest BCUT2D eigenvalue weighted by Crippen LogP contribution is 2.17. The first kappa shape index (κ1) is 13.2. The summed E-state index contributed by atoms with van der Waals surface area (Å²) >= 11 is 0. The maximum atomic E-state index is 5.37. The Balaban J connectivity index is 2.33. The van der Waals surface area contributed by atoms with Crippen LogP contribution in [0.15, 0.2) is 24.5 Å². The van der Waals surface area contributed by atoms with E-state index < -0.39 is 0 Å². The first-order valence-corrected chi connectivity index (χ1v) is 6.36. The van der Waals surface area contributed by atoms with Gasteiger partial charge in [-0.15, -0.1) is 0 Å². The SMILES string of the molecule is CCCNc1nc(OCC)nc(-c2cccnc2)n1. The highest BCUT2D eigenvalue weighted by Gasteiger charge is 2.08. The average molecular weight is 259 g/mol. The van der Waals surface area contributed by atoms with Crippen LogP contribution in [0, 0.1) is 0 Å². The van der Waals surface area contributed by atoms with Gasteiger partial charge in [-0.1, -0.05) is 6.92 Å². The molecule has 6 heteroatoms. The van der Waals surface area contributed by atoms with Crippen molar-refractivity contribution in [2.24, 2.45) is 0 Å². The summed E-state index contributed by atoms with van der Waals surface area (Å²) in [4.78, 5) is 16.9. The molecular formula is C13H17N5O. The summed E-state index contributed by atoms with van der Waals surface area (Å²) in [6.45, 7) is 5.30. The molecular weight excluding hydrogens is 242 g/mol. The normalized spacial score (nSPS) is 10.2. The van der Waals surface area contributed by atoms with Gasteiger partial charge in [0.05, 0.1) is 6.61 Å². The minimum absolute atomic E-state index is 0.329. The molecule has 2 heterocycles. The molecule has 0 amide bonds. The molecule has 0 atom stereocenters. The van der Waals surface area contributed by atoms with Crippen molar-refractivity contribution in [3.63, 3.8) is 0 Å². The third-order valence-corrected chi connectivity index (χ3v) is 2.34. The molecule has 0 radical (unpaired) electrons. The van der Waals surface area contributed by atoms with Crippen LogP contribution < -0.4 is 10.1 Å². The van der Waals surface area contributed by atoms with Gasteiger partial charge >= 0.3 is 6.01 Å². The van der Waals surface area contributed by atoms with Crippen LogP contribution in [-0.2, 0) is 0 Å². The smallest absolute Gasteiger partial charge is 0.321 e. The number of ether oxygens (including phenoxy) is 1. The fourth-order valence-electron chi connectivity index (χ4n) is 1.49. The van der Waals surface area contributed by atoms with E-state index in [0.29, 0.717) is 24.4 Å². The summed E-state index contributed by atoms with van der Waals surface area (Å²) in [7, 11) is 0. The Morgan fingerprint density at radius 3 is 2.79 bits per heavy atom. The monoisotopic (exact) mass is 259 g/mol.